The summed E-state index contributed by atoms with van der Waals surface area (Å²) in [5.74, 6) is 0.749. The van der Waals surface area contributed by atoms with E-state index >= 15 is 0 Å². The van der Waals surface area contributed by atoms with Crippen molar-refractivity contribution in [2.24, 2.45) is 0 Å². The normalized spacial score (nSPS) is 18.2. The monoisotopic (exact) mass is 483 g/mol. The Kier molecular flexibility index (Phi) is 7.67. The highest BCUT2D eigenvalue weighted by Crippen LogP contribution is 2.31. The molecule has 188 valence electrons. The van der Waals surface area contributed by atoms with Crippen LogP contribution in [0.2, 0.25) is 0 Å². The van der Waals surface area contributed by atoms with E-state index in [0.29, 0.717) is 41.6 Å². The van der Waals surface area contributed by atoms with E-state index in [0.717, 1.165) is 25.7 Å². The zero-order valence-electron chi connectivity index (χ0n) is 20.3. The molecule has 3 aromatic heterocycles. The number of nitrogens with one attached hydrogen (secondary N) is 3. The third kappa shape index (κ3) is 5.15. The number of rotatable bonds is 11. The molecule has 1 saturated carbocycles. The predicted octanol–water partition coefficient (Wildman–Crippen LogP) is 2.31. The van der Waals surface area contributed by atoms with Crippen LogP contribution in [0, 0.1) is 0 Å². The van der Waals surface area contributed by atoms with Crippen molar-refractivity contribution in [3.63, 3.8) is 0 Å². The molecular weight excluding hydrogens is 450 g/mol. The van der Waals surface area contributed by atoms with Crippen molar-refractivity contribution >= 4 is 28.9 Å². The number of methoxy groups -OCH3 is 1. The van der Waals surface area contributed by atoms with Crippen LogP contribution in [-0.2, 0) is 4.74 Å². The summed E-state index contributed by atoms with van der Waals surface area (Å²) in [6.07, 6.45) is 6.59. The largest absolute Gasteiger partial charge is 0.391 e. The van der Waals surface area contributed by atoms with Gasteiger partial charge < -0.3 is 30.4 Å². The van der Waals surface area contributed by atoms with E-state index in [1.165, 1.54) is 6.20 Å². The Hall–Kier alpha value is -3.44. The SMILES string of the molecule is CCC(CCCOC)NC(=O)c1cnn2c(NC)cc(Nc3cccn([C@@H]4CC[C@H]4O)c3=O)nc12. The third-order valence-corrected chi connectivity index (χ3v) is 6.50. The summed E-state index contributed by atoms with van der Waals surface area (Å²) in [5.41, 5.74) is 0.810. The number of carbonyl (C=O) groups excluding carboxylic acids is 1. The number of ether oxygens (including phenoxy) is 1. The third-order valence-electron chi connectivity index (χ3n) is 6.50. The molecule has 1 fully saturated rings. The molecule has 3 heterocycles. The van der Waals surface area contributed by atoms with Gasteiger partial charge in [-0.3, -0.25) is 9.59 Å². The molecule has 35 heavy (non-hydrogen) atoms. The summed E-state index contributed by atoms with van der Waals surface area (Å²) in [7, 11) is 3.41. The van der Waals surface area contributed by atoms with Gasteiger partial charge in [0.2, 0.25) is 0 Å². The molecule has 3 aromatic rings. The highest BCUT2D eigenvalue weighted by Gasteiger charge is 2.31. The van der Waals surface area contributed by atoms with Crippen LogP contribution >= 0.6 is 0 Å². The average molecular weight is 484 g/mol. The number of amides is 1. The predicted molar refractivity (Wildman–Crippen MR) is 133 cm³/mol. The molecule has 1 aliphatic rings. The summed E-state index contributed by atoms with van der Waals surface area (Å²) in [6, 6.07) is 4.95. The molecule has 0 aliphatic heterocycles. The zero-order chi connectivity index (χ0) is 24.9. The van der Waals surface area contributed by atoms with Crippen molar-refractivity contribution in [2.45, 2.75) is 57.2 Å². The van der Waals surface area contributed by atoms with Gasteiger partial charge in [-0.25, -0.2) is 4.98 Å². The molecule has 11 nitrogen and oxygen atoms in total. The zero-order valence-corrected chi connectivity index (χ0v) is 20.3. The molecule has 3 atom stereocenters. The van der Waals surface area contributed by atoms with E-state index in [9.17, 15) is 14.7 Å². The van der Waals surface area contributed by atoms with Crippen LogP contribution in [0.3, 0.4) is 0 Å². The maximum Gasteiger partial charge on any atom is 0.274 e. The van der Waals surface area contributed by atoms with Gasteiger partial charge in [0.15, 0.2) is 5.65 Å². The van der Waals surface area contributed by atoms with Crippen LogP contribution in [0.4, 0.5) is 17.3 Å². The highest BCUT2D eigenvalue weighted by atomic mass is 16.5. The van der Waals surface area contributed by atoms with Crippen LogP contribution < -0.4 is 21.5 Å². The number of aliphatic hydroxyl groups is 1. The molecule has 4 rings (SSSR count). The van der Waals surface area contributed by atoms with Crippen LogP contribution in [0.25, 0.3) is 5.65 Å². The van der Waals surface area contributed by atoms with Crippen molar-refractivity contribution in [3.05, 3.63) is 46.5 Å². The lowest BCUT2D eigenvalue weighted by atomic mass is 9.89. The summed E-state index contributed by atoms with van der Waals surface area (Å²) in [4.78, 5) is 30.7. The molecule has 0 spiro atoms. The summed E-state index contributed by atoms with van der Waals surface area (Å²) < 4.78 is 8.23. The molecule has 1 aliphatic carbocycles. The number of aliphatic hydroxyl groups excluding tert-OH is 1. The Bertz CT molecular complexity index is 1240. The molecule has 0 bridgehead atoms. The lowest BCUT2D eigenvalue weighted by Gasteiger charge is -2.34. The van der Waals surface area contributed by atoms with Gasteiger partial charge in [0, 0.05) is 39.1 Å². The van der Waals surface area contributed by atoms with Gasteiger partial charge >= 0.3 is 0 Å². The van der Waals surface area contributed by atoms with Crippen molar-refractivity contribution in [3.8, 4) is 0 Å². The second kappa shape index (κ2) is 10.9. The molecule has 4 N–H and O–H groups in total. The molecule has 1 unspecified atom stereocenters. The minimum Gasteiger partial charge on any atom is -0.391 e. The van der Waals surface area contributed by atoms with Gasteiger partial charge in [0.25, 0.3) is 11.5 Å². The van der Waals surface area contributed by atoms with E-state index in [1.54, 1.807) is 47.6 Å². The quantitative estimate of drug-likeness (QED) is 0.305. The Labute approximate surface area is 203 Å². The van der Waals surface area contributed by atoms with Crippen molar-refractivity contribution < 1.29 is 14.6 Å². The fourth-order valence-electron chi connectivity index (χ4n) is 4.27. The van der Waals surface area contributed by atoms with Gasteiger partial charge in [-0.1, -0.05) is 6.92 Å². The highest BCUT2D eigenvalue weighted by molar-refractivity contribution is 6.00. The van der Waals surface area contributed by atoms with Gasteiger partial charge in [-0.2, -0.15) is 9.61 Å². The Morgan fingerprint density at radius 2 is 2.20 bits per heavy atom. The van der Waals surface area contributed by atoms with Crippen molar-refractivity contribution in [1.82, 2.24) is 24.5 Å². The fraction of sp³-hybridized carbons (Fsp3) is 0.500. The van der Waals surface area contributed by atoms with Gasteiger partial charge in [-0.05, 0) is 44.2 Å². The standard InChI is InChI=1S/C24H33N7O4/c1-4-15(7-6-12-35-3)27-23(33)16-14-26-31-21(25-2)13-20(29-22(16)31)28-17-8-5-11-30(24(17)34)18-9-10-19(18)32/h5,8,11,13-15,18-19,25,32H,4,6-7,9-10,12H2,1-3H3,(H,27,33)(H,28,29)/t15?,18-,19-/m1/s1. The van der Waals surface area contributed by atoms with Crippen molar-refractivity contribution in [1.29, 1.82) is 0 Å². The summed E-state index contributed by atoms with van der Waals surface area (Å²) in [6.45, 7) is 2.68. The smallest absolute Gasteiger partial charge is 0.274 e. The second-order valence-corrected chi connectivity index (χ2v) is 8.76. The minimum absolute atomic E-state index is 0.0160. The second-order valence-electron chi connectivity index (χ2n) is 8.76. The van der Waals surface area contributed by atoms with E-state index in [1.807, 2.05) is 6.92 Å². The molecule has 0 saturated heterocycles. The fourth-order valence-corrected chi connectivity index (χ4v) is 4.27. The molecular formula is C24H33N7O4. The lowest BCUT2D eigenvalue weighted by Crippen LogP contribution is -2.39. The number of aromatic nitrogens is 4. The first kappa shape index (κ1) is 24.7. The minimum atomic E-state index is -0.511. The number of hydrogen-bond donors (Lipinski definition) is 4. The number of fused-ring (bicyclic) bond motifs is 1. The Morgan fingerprint density at radius 3 is 2.86 bits per heavy atom. The van der Waals surface area contributed by atoms with Crippen LogP contribution in [0.1, 0.15) is 55.4 Å². The van der Waals surface area contributed by atoms with E-state index in [-0.39, 0.29) is 23.6 Å². The van der Waals surface area contributed by atoms with E-state index in [2.05, 4.69) is 26.0 Å². The first-order valence-electron chi connectivity index (χ1n) is 12.0. The maximum atomic E-state index is 13.1. The van der Waals surface area contributed by atoms with Gasteiger partial charge in [0.05, 0.1) is 18.3 Å². The molecule has 0 aromatic carbocycles. The summed E-state index contributed by atoms with van der Waals surface area (Å²) >= 11 is 0. The first-order valence-corrected chi connectivity index (χ1v) is 12.0. The van der Waals surface area contributed by atoms with E-state index < -0.39 is 6.10 Å². The maximum absolute atomic E-state index is 13.1. The lowest BCUT2D eigenvalue weighted by molar-refractivity contribution is 0.0300. The number of anilines is 3. The summed E-state index contributed by atoms with van der Waals surface area (Å²) in [5, 5.41) is 23.6. The van der Waals surface area contributed by atoms with Gasteiger partial charge in [-0.15, -0.1) is 0 Å². The van der Waals surface area contributed by atoms with E-state index in [4.69, 9.17) is 4.74 Å². The number of carbonyl (C=O) groups is 1. The number of nitrogens with zero attached hydrogens (tertiary/aromatic N) is 4. The molecule has 0 radical (unpaired) electrons. The Balaban J connectivity index is 1.61. The topological polar surface area (TPSA) is 135 Å². The molecule has 1 amide bonds. The van der Waals surface area contributed by atoms with Crippen LogP contribution in [-0.4, -0.2) is 63.1 Å². The van der Waals surface area contributed by atoms with Crippen LogP contribution in [0.15, 0.2) is 35.4 Å². The average Bonchev–Trinajstić information content (AvgIpc) is 3.28. The van der Waals surface area contributed by atoms with Gasteiger partial charge in [0.1, 0.15) is 22.9 Å². The molecule has 11 heteroatoms. The first-order chi connectivity index (χ1) is 17.0. The van der Waals surface area contributed by atoms with Crippen LogP contribution in [0.5, 0.6) is 0 Å². The Morgan fingerprint density at radius 1 is 1.37 bits per heavy atom. The van der Waals surface area contributed by atoms with Crippen molar-refractivity contribution in [2.75, 3.05) is 31.4 Å². The number of pyridine rings is 1. The number of hydrogen-bond acceptors (Lipinski definition) is 8.